The molecule has 6 heteroatoms. The number of anilines is 2. The van der Waals surface area contributed by atoms with E-state index in [1.807, 2.05) is 0 Å². The highest BCUT2D eigenvalue weighted by molar-refractivity contribution is 6.33. The van der Waals surface area contributed by atoms with Gasteiger partial charge in [0.05, 0.1) is 5.69 Å². The summed E-state index contributed by atoms with van der Waals surface area (Å²) < 4.78 is 13.3. The molecule has 0 saturated carbocycles. The highest BCUT2D eigenvalue weighted by Gasteiger charge is 2.05. The Kier molecular flexibility index (Phi) is 3.22. The van der Waals surface area contributed by atoms with Gasteiger partial charge in [0, 0.05) is 6.07 Å². The number of benzene rings is 1. The first-order valence-electron chi connectivity index (χ1n) is 4.37. The van der Waals surface area contributed by atoms with E-state index in [2.05, 4.69) is 15.3 Å². The average molecular weight is 258 g/mol. The van der Waals surface area contributed by atoms with Crippen LogP contribution in [-0.2, 0) is 0 Å². The molecule has 0 saturated heterocycles. The maximum absolute atomic E-state index is 13.3. The van der Waals surface area contributed by atoms with Gasteiger partial charge >= 0.3 is 0 Å². The maximum atomic E-state index is 13.3. The van der Waals surface area contributed by atoms with Crippen molar-refractivity contribution in [2.75, 3.05) is 5.32 Å². The number of aromatic nitrogens is 2. The third kappa shape index (κ3) is 2.59. The molecule has 82 valence electrons. The second kappa shape index (κ2) is 4.63. The molecule has 1 heterocycles. The van der Waals surface area contributed by atoms with Gasteiger partial charge in [-0.1, -0.05) is 35.3 Å². The molecule has 1 aromatic heterocycles. The molecular formula is C10H6Cl2FN3. The minimum atomic E-state index is -0.401. The van der Waals surface area contributed by atoms with Crippen LogP contribution < -0.4 is 5.32 Å². The van der Waals surface area contributed by atoms with Gasteiger partial charge in [0.2, 0.25) is 5.95 Å². The molecule has 16 heavy (non-hydrogen) atoms. The van der Waals surface area contributed by atoms with Crippen molar-refractivity contribution in [2.24, 2.45) is 0 Å². The molecule has 0 spiro atoms. The van der Waals surface area contributed by atoms with Gasteiger partial charge in [-0.05, 0) is 12.1 Å². The highest BCUT2D eigenvalue weighted by Crippen LogP contribution is 2.20. The van der Waals surface area contributed by atoms with E-state index in [0.717, 1.165) is 0 Å². The lowest BCUT2D eigenvalue weighted by Crippen LogP contribution is -1.99. The van der Waals surface area contributed by atoms with Crippen LogP contribution in [0.15, 0.2) is 30.3 Å². The summed E-state index contributed by atoms with van der Waals surface area (Å²) in [7, 11) is 0. The molecule has 0 radical (unpaired) electrons. The summed E-state index contributed by atoms with van der Waals surface area (Å²) in [5.41, 5.74) is 0.265. The lowest BCUT2D eigenvalue weighted by atomic mass is 10.3. The zero-order valence-corrected chi connectivity index (χ0v) is 9.43. The fourth-order valence-corrected chi connectivity index (χ4v) is 1.55. The number of hydrogen-bond donors (Lipinski definition) is 1. The van der Waals surface area contributed by atoms with Gasteiger partial charge in [-0.3, -0.25) is 0 Å². The summed E-state index contributed by atoms with van der Waals surface area (Å²) in [5, 5.41) is 3.07. The van der Waals surface area contributed by atoms with Gasteiger partial charge in [-0.15, -0.1) is 0 Å². The number of nitrogens with one attached hydrogen (secondary N) is 1. The number of hydrogen-bond acceptors (Lipinski definition) is 3. The Morgan fingerprint density at radius 2 is 1.69 bits per heavy atom. The molecule has 1 N–H and O–H groups in total. The lowest BCUT2D eigenvalue weighted by Gasteiger charge is -2.05. The van der Waals surface area contributed by atoms with Crippen LogP contribution in [-0.4, -0.2) is 9.97 Å². The fourth-order valence-electron chi connectivity index (χ4n) is 1.13. The van der Waals surface area contributed by atoms with Crippen LogP contribution >= 0.6 is 23.2 Å². The topological polar surface area (TPSA) is 37.8 Å². The largest absolute Gasteiger partial charge is 0.322 e. The van der Waals surface area contributed by atoms with Crippen molar-refractivity contribution >= 4 is 34.8 Å². The minimum absolute atomic E-state index is 0.155. The summed E-state index contributed by atoms with van der Waals surface area (Å²) >= 11 is 11.4. The Bertz CT molecular complexity index is 499. The molecular weight excluding hydrogens is 252 g/mol. The molecule has 0 atom stereocenters. The van der Waals surface area contributed by atoms with E-state index >= 15 is 0 Å². The van der Waals surface area contributed by atoms with Crippen molar-refractivity contribution in [1.82, 2.24) is 9.97 Å². The summed E-state index contributed by atoms with van der Waals surface area (Å²) in [6, 6.07) is 7.57. The van der Waals surface area contributed by atoms with Gasteiger partial charge in [0.15, 0.2) is 0 Å². The molecule has 0 aliphatic heterocycles. The zero-order chi connectivity index (χ0) is 11.5. The average Bonchev–Trinajstić information content (AvgIpc) is 2.20. The first kappa shape index (κ1) is 11.1. The van der Waals surface area contributed by atoms with Crippen molar-refractivity contribution < 1.29 is 4.39 Å². The summed E-state index contributed by atoms with van der Waals surface area (Å²) in [6.07, 6.45) is 0. The van der Waals surface area contributed by atoms with Crippen molar-refractivity contribution in [2.45, 2.75) is 0 Å². The smallest absolute Gasteiger partial charge is 0.230 e. The van der Waals surface area contributed by atoms with Crippen LogP contribution in [0.1, 0.15) is 0 Å². The quantitative estimate of drug-likeness (QED) is 0.835. The molecule has 0 aliphatic rings. The molecule has 0 unspecified atom stereocenters. The van der Waals surface area contributed by atoms with Gasteiger partial charge in [-0.2, -0.15) is 0 Å². The summed E-state index contributed by atoms with van der Waals surface area (Å²) in [5.74, 6) is -0.246. The molecule has 3 nitrogen and oxygen atoms in total. The molecule has 2 aromatic rings. The van der Waals surface area contributed by atoms with E-state index in [9.17, 15) is 4.39 Å². The van der Waals surface area contributed by atoms with Crippen LogP contribution in [0.2, 0.25) is 10.3 Å². The first-order chi connectivity index (χ1) is 7.65. The van der Waals surface area contributed by atoms with Crippen molar-refractivity contribution in [3.63, 3.8) is 0 Å². The second-order valence-electron chi connectivity index (χ2n) is 2.94. The SMILES string of the molecule is Fc1ccccc1Nc1nc(Cl)cc(Cl)n1. The minimum Gasteiger partial charge on any atom is -0.322 e. The Labute approximate surface area is 101 Å². The summed E-state index contributed by atoms with van der Waals surface area (Å²) in [6.45, 7) is 0. The van der Waals surface area contributed by atoms with Crippen molar-refractivity contribution in [1.29, 1.82) is 0 Å². The Morgan fingerprint density at radius 3 is 2.31 bits per heavy atom. The van der Waals surface area contributed by atoms with Crippen LogP contribution in [0.5, 0.6) is 0 Å². The third-order valence-electron chi connectivity index (χ3n) is 1.78. The summed E-state index contributed by atoms with van der Waals surface area (Å²) in [4.78, 5) is 7.73. The zero-order valence-electron chi connectivity index (χ0n) is 7.92. The van der Waals surface area contributed by atoms with E-state index in [4.69, 9.17) is 23.2 Å². The van der Waals surface area contributed by atoms with E-state index in [-0.39, 0.29) is 21.9 Å². The molecule has 0 aliphatic carbocycles. The third-order valence-corrected chi connectivity index (χ3v) is 2.17. The Morgan fingerprint density at radius 1 is 1.06 bits per heavy atom. The van der Waals surface area contributed by atoms with Crippen LogP contribution in [0, 0.1) is 5.82 Å². The van der Waals surface area contributed by atoms with Gasteiger partial charge < -0.3 is 5.32 Å². The maximum Gasteiger partial charge on any atom is 0.230 e. The van der Waals surface area contributed by atoms with E-state index in [1.165, 1.54) is 12.1 Å². The van der Waals surface area contributed by atoms with Crippen LogP contribution in [0.3, 0.4) is 0 Å². The molecule has 2 rings (SSSR count). The lowest BCUT2D eigenvalue weighted by molar-refractivity contribution is 0.631. The van der Waals surface area contributed by atoms with E-state index < -0.39 is 5.82 Å². The van der Waals surface area contributed by atoms with E-state index in [0.29, 0.717) is 0 Å². The number of rotatable bonds is 2. The molecule has 0 amide bonds. The van der Waals surface area contributed by atoms with E-state index in [1.54, 1.807) is 18.2 Å². The Hall–Kier alpha value is -1.39. The standard InChI is InChI=1S/C10H6Cl2FN3/c11-8-5-9(12)16-10(15-8)14-7-4-2-1-3-6(7)13/h1-5H,(H,14,15,16). The van der Waals surface area contributed by atoms with Crippen molar-refractivity contribution in [3.05, 3.63) is 46.5 Å². The van der Waals surface area contributed by atoms with Crippen LogP contribution in [0.4, 0.5) is 16.0 Å². The number of para-hydroxylation sites is 1. The monoisotopic (exact) mass is 257 g/mol. The second-order valence-corrected chi connectivity index (χ2v) is 3.72. The van der Waals surface area contributed by atoms with Gasteiger partial charge in [-0.25, -0.2) is 14.4 Å². The predicted molar refractivity (Wildman–Crippen MR) is 61.7 cm³/mol. The number of nitrogens with zero attached hydrogens (tertiary/aromatic N) is 2. The van der Waals surface area contributed by atoms with Gasteiger partial charge in [0.1, 0.15) is 16.1 Å². The highest BCUT2D eigenvalue weighted by atomic mass is 35.5. The first-order valence-corrected chi connectivity index (χ1v) is 5.12. The Balaban J connectivity index is 2.30. The van der Waals surface area contributed by atoms with Crippen molar-refractivity contribution in [3.8, 4) is 0 Å². The molecule has 0 fully saturated rings. The number of halogens is 3. The normalized spacial score (nSPS) is 10.2. The fraction of sp³-hybridized carbons (Fsp3) is 0. The van der Waals surface area contributed by atoms with Gasteiger partial charge in [0.25, 0.3) is 0 Å². The molecule has 0 bridgehead atoms. The predicted octanol–water partition coefficient (Wildman–Crippen LogP) is 3.67. The van der Waals surface area contributed by atoms with Crippen LogP contribution in [0.25, 0.3) is 0 Å². The molecule has 1 aromatic carbocycles.